The highest BCUT2D eigenvalue weighted by Crippen LogP contribution is 2.56. The molecule has 7 heteroatoms. The molecule has 18 rings (SSSR count). The van der Waals surface area contributed by atoms with Crippen LogP contribution in [0.1, 0.15) is 133 Å². The number of nitrogens with zero attached hydrogens (tertiary/aromatic N) is 6. The minimum Gasteiger partial charge on any atom is -0.310 e. The molecule has 6 nitrogen and oxygen atoms in total. The van der Waals surface area contributed by atoms with Gasteiger partial charge in [-0.25, -0.2) is 15.0 Å². The van der Waals surface area contributed by atoms with Crippen molar-refractivity contribution in [2.24, 2.45) is 0 Å². The third-order valence-electron chi connectivity index (χ3n) is 21.4. The van der Waals surface area contributed by atoms with E-state index in [0.717, 1.165) is 60.8 Å². The molecule has 2 aliphatic heterocycles. The van der Waals surface area contributed by atoms with Gasteiger partial charge in [0, 0.05) is 66.9 Å². The van der Waals surface area contributed by atoms with Crippen LogP contribution in [0.3, 0.4) is 0 Å². The Labute approximate surface area is 676 Å². The number of benzene rings is 14. The first-order valence-electron chi connectivity index (χ1n) is 47.1. The van der Waals surface area contributed by atoms with Gasteiger partial charge >= 0.3 is 0 Å². The minimum atomic E-state index is -0.934. The Morgan fingerprint density at radius 2 is 0.618 bits per heavy atom. The molecule has 0 saturated heterocycles. The molecule has 0 amide bonds. The van der Waals surface area contributed by atoms with Crippen LogP contribution in [0.4, 0.5) is 34.1 Å². The number of hydrogen-bond acceptors (Lipinski definition) is 5. The Balaban J connectivity index is 1.12. The maximum atomic E-state index is 9.85. The molecule has 2 aromatic heterocycles. The Morgan fingerprint density at radius 3 is 0.982 bits per heavy atom. The zero-order valence-corrected chi connectivity index (χ0v) is 63.3. The fourth-order valence-electron chi connectivity index (χ4n) is 15.7. The molecule has 0 aliphatic carbocycles. The molecule has 0 saturated carbocycles. The smallest absolute Gasteiger partial charge is 0.252 e. The molecule has 0 atom stereocenters. The van der Waals surface area contributed by atoms with Crippen LogP contribution in [-0.2, 0) is 21.7 Å². The molecule has 14 aromatic carbocycles. The largest absolute Gasteiger partial charge is 0.310 e. The maximum absolute atomic E-state index is 9.85. The second-order valence-corrected chi connectivity index (χ2v) is 32.6. The molecule has 16 aromatic rings. The second-order valence-electron chi connectivity index (χ2n) is 32.6. The van der Waals surface area contributed by atoms with E-state index in [9.17, 15) is 21.9 Å². The number of rotatable bonds is 11. The van der Waals surface area contributed by atoms with Gasteiger partial charge in [-0.05, 0) is 172 Å². The third kappa shape index (κ3) is 12.3. The summed E-state index contributed by atoms with van der Waals surface area (Å²) in [5.41, 5.74) is 12.5. The molecule has 0 spiro atoms. The van der Waals surface area contributed by atoms with E-state index in [1.807, 2.05) is 112 Å². The summed E-state index contributed by atoms with van der Waals surface area (Å²) in [6, 6.07) is 54.1. The monoisotopic (exact) mass is 1440 g/mol. The lowest BCUT2D eigenvalue weighted by molar-refractivity contribution is 0.590. The predicted octanol–water partition coefficient (Wildman–Crippen LogP) is 25.6. The molecule has 110 heavy (non-hydrogen) atoms. The van der Waals surface area contributed by atoms with E-state index in [4.69, 9.17) is 20.4 Å². The normalized spacial score (nSPS) is 15.4. The molecule has 0 N–H and O–H groups in total. The summed E-state index contributed by atoms with van der Waals surface area (Å²) in [4.78, 5) is 19.8. The summed E-state index contributed by atoms with van der Waals surface area (Å²) in [7, 11) is 0. The topological polar surface area (TPSA) is 50.1 Å². The van der Waals surface area contributed by atoms with Crippen LogP contribution in [0, 0.1) is 0 Å². The van der Waals surface area contributed by atoms with E-state index in [1.54, 1.807) is 18.2 Å². The van der Waals surface area contributed by atoms with Crippen LogP contribution in [0.2, 0.25) is 0 Å². The van der Waals surface area contributed by atoms with Crippen LogP contribution in [0.25, 0.3) is 117 Å². The zero-order valence-electron chi connectivity index (χ0n) is 83.3. The van der Waals surface area contributed by atoms with Gasteiger partial charge in [-0.3, -0.25) is 0 Å². The van der Waals surface area contributed by atoms with Crippen molar-refractivity contribution in [2.75, 3.05) is 9.80 Å². The fourth-order valence-corrected chi connectivity index (χ4v) is 15.7. The first kappa shape index (κ1) is 50.2. The van der Waals surface area contributed by atoms with Crippen molar-refractivity contribution in [3.63, 3.8) is 0 Å². The van der Waals surface area contributed by atoms with Crippen molar-refractivity contribution in [3.05, 3.63) is 343 Å². The van der Waals surface area contributed by atoms with Crippen LogP contribution >= 0.6 is 0 Å². The van der Waals surface area contributed by atoms with Crippen LogP contribution in [-0.4, -0.2) is 26.2 Å². The zero-order chi connectivity index (χ0) is 92.9. The highest BCUT2D eigenvalue weighted by atomic mass is 15.2. The summed E-state index contributed by atoms with van der Waals surface area (Å²) in [5, 5.41) is 1.88. The molecular formula is C103H89BN6. The standard InChI is InChI=1S/C103H89BN6/c1-100(2,3)75-50-54-88-83(58-75)84-59-76(101(4,5)6)51-55-89(84)108(88)79-64-92-94-93(65-79)110(96-82(70-42-28-17-29-43-70)62-78(103(10,11)12)63-85(96)99-106-97(71-44-30-18-31-45-71)105-98(107-99)72-46-32-19-33-47-72)91-57-74(67-36-22-14-23-37-67)49-53-87(91)104(94)86-52-48-73(66-34-20-13-21-35-66)56-90(86)109(92)95-80(68-38-24-15-25-39-68)60-77(102(7,8)9)61-81(95)69-40-26-16-27-41-69/h13-65H,1-12H3/i13D,14D,18D,19D,20D,21D,22D,23D,30D,31D,32D,33D,34D,35D,36D,37D,44D,45D,46D,47D. The highest BCUT2D eigenvalue weighted by Gasteiger charge is 2.47. The van der Waals surface area contributed by atoms with Crippen molar-refractivity contribution >= 4 is 79.0 Å². The van der Waals surface area contributed by atoms with Crippen molar-refractivity contribution in [1.82, 2.24) is 19.5 Å². The van der Waals surface area contributed by atoms with Crippen molar-refractivity contribution in [3.8, 4) is 95.5 Å². The van der Waals surface area contributed by atoms with Gasteiger partial charge in [0.2, 0.25) is 0 Å². The molecular weight excluding hydrogens is 1330 g/mol. The van der Waals surface area contributed by atoms with Crippen LogP contribution in [0.5, 0.6) is 0 Å². The third-order valence-corrected chi connectivity index (χ3v) is 21.4. The lowest BCUT2D eigenvalue weighted by Crippen LogP contribution is -2.61. The van der Waals surface area contributed by atoms with E-state index in [-0.39, 0.29) is 50.2 Å². The van der Waals surface area contributed by atoms with E-state index in [2.05, 4.69) is 168 Å². The van der Waals surface area contributed by atoms with Gasteiger partial charge in [0.1, 0.15) is 0 Å². The fraction of sp³-hybridized carbons (Fsp3) is 0.155. The van der Waals surface area contributed by atoms with E-state index >= 15 is 0 Å². The number of anilines is 6. The van der Waals surface area contributed by atoms with Gasteiger partial charge in [0.25, 0.3) is 6.71 Å². The first-order chi connectivity index (χ1) is 61.4. The SMILES string of the molecule is [2H]c1c([2H])c([2H])c(-c2ccc3c(c2)N(c2c(-c4ccccc4)cc(C(C)(C)C)cc2-c2ccccc2)c2cc(-n4c5ccc(C(C)(C)C)cc5c5cc(C(C)(C)C)ccc54)cc4c2B3c2ccc(-c3c([2H])c([2H])c([2H])c([2H])c3[2H])cc2N4c2c(-c3ccccc3)cc(C(C)(C)C)cc2-c2nc(-c3c([2H])c([2H])c([2H])c([2H])c3[2H])nc(-c3c([2H])c([2H])c([2H])c([2H])c3[2H])n2)c([2H])c1[2H]. The first-order valence-corrected chi connectivity index (χ1v) is 37.1. The van der Waals surface area contributed by atoms with E-state index < -0.39 is 161 Å². The number of aromatic nitrogens is 4. The summed E-state index contributed by atoms with van der Waals surface area (Å²) in [5.74, 6) is -1.32. The quantitative estimate of drug-likeness (QED) is 0.121. The average molecular weight is 1440 g/mol. The van der Waals surface area contributed by atoms with Crippen LogP contribution < -0.4 is 26.2 Å². The van der Waals surface area contributed by atoms with Crippen molar-refractivity contribution < 1.29 is 27.4 Å². The summed E-state index contributed by atoms with van der Waals surface area (Å²) < 4.78 is 190. The van der Waals surface area contributed by atoms with Crippen molar-refractivity contribution in [2.45, 2.75) is 105 Å². The Morgan fingerprint density at radius 1 is 0.282 bits per heavy atom. The van der Waals surface area contributed by atoms with Gasteiger partial charge < -0.3 is 14.4 Å². The molecule has 0 unspecified atom stereocenters. The van der Waals surface area contributed by atoms with Gasteiger partial charge in [-0.2, -0.15) is 0 Å². The summed E-state index contributed by atoms with van der Waals surface area (Å²) in [6.45, 7) is 24.7. The summed E-state index contributed by atoms with van der Waals surface area (Å²) >= 11 is 0. The molecule has 534 valence electrons. The highest BCUT2D eigenvalue weighted by molar-refractivity contribution is 7.00. The van der Waals surface area contributed by atoms with E-state index in [0.29, 0.717) is 67.2 Å². The average Bonchev–Trinajstić information content (AvgIpc) is 0.763. The minimum absolute atomic E-state index is 0.0564. The summed E-state index contributed by atoms with van der Waals surface area (Å²) in [6.07, 6.45) is 0. The molecule has 2 aliphatic rings. The Bertz CT molecular complexity index is 7210. The Kier molecular flexibility index (Phi) is 12.2. The van der Waals surface area contributed by atoms with Crippen molar-refractivity contribution in [1.29, 1.82) is 0 Å². The number of hydrogen-bond donors (Lipinski definition) is 0. The van der Waals surface area contributed by atoms with Gasteiger partial charge in [0.15, 0.2) is 17.5 Å². The second kappa shape index (κ2) is 26.7. The predicted molar refractivity (Wildman–Crippen MR) is 466 cm³/mol. The number of fused-ring (bicyclic) bond motifs is 7. The van der Waals surface area contributed by atoms with Crippen LogP contribution in [0.15, 0.2) is 321 Å². The Hall–Kier alpha value is -12.4. The molecule has 0 bridgehead atoms. The van der Waals surface area contributed by atoms with E-state index in [1.165, 1.54) is 0 Å². The van der Waals surface area contributed by atoms with Gasteiger partial charge in [-0.1, -0.05) is 331 Å². The maximum Gasteiger partial charge on any atom is 0.252 e. The molecule has 0 fully saturated rings. The lowest BCUT2D eigenvalue weighted by atomic mass is 9.33. The lowest BCUT2D eigenvalue weighted by Gasteiger charge is -2.46. The van der Waals surface area contributed by atoms with Gasteiger partial charge in [0.05, 0.1) is 55.5 Å². The van der Waals surface area contributed by atoms with Gasteiger partial charge in [-0.15, -0.1) is 0 Å². The molecule has 0 radical (unpaired) electrons. The molecule has 4 heterocycles.